The van der Waals surface area contributed by atoms with Crippen LogP contribution in [-0.4, -0.2) is 30.0 Å². The van der Waals surface area contributed by atoms with Gasteiger partial charge in [-0.15, -0.1) is 0 Å². The van der Waals surface area contributed by atoms with Crippen LogP contribution in [0.25, 0.3) is 0 Å². The van der Waals surface area contributed by atoms with Crippen molar-refractivity contribution < 1.29 is 18.3 Å². The summed E-state index contributed by atoms with van der Waals surface area (Å²) in [5.74, 6) is 0.0612. The summed E-state index contributed by atoms with van der Waals surface area (Å²) in [6, 6.07) is 0. The number of hydrogen-bond acceptors (Lipinski definition) is 2. The van der Waals surface area contributed by atoms with Crippen molar-refractivity contribution in [3.05, 3.63) is 0 Å². The molecule has 0 spiro atoms. The van der Waals surface area contributed by atoms with Gasteiger partial charge in [0.2, 0.25) is 0 Å². The molecule has 0 amide bonds. The van der Waals surface area contributed by atoms with Crippen LogP contribution in [0.3, 0.4) is 0 Å². The lowest BCUT2D eigenvalue weighted by atomic mass is 9.62. The third-order valence-electron chi connectivity index (χ3n) is 4.00. The lowest BCUT2D eigenvalue weighted by molar-refractivity contribution is -0.135. The molecule has 1 aliphatic rings. The van der Waals surface area contributed by atoms with Crippen molar-refractivity contribution in [3.63, 3.8) is 0 Å². The van der Waals surface area contributed by atoms with Crippen molar-refractivity contribution in [1.29, 1.82) is 0 Å². The molecule has 0 aliphatic heterocycles. The first-order valence-corrected chi connectivity index (χ1v) is 6.53. The van der Waals surface area contributed by atoms with Gasteiger partial charge in [0.25, 0.3) is 0 Å². The smallest absolute Gasteiger partial charge is 0.394 e. The van der Waals surface area contributed by atoms with Crippen LogP contribution in [0.2, 0.25) is 0 Å². The van der Waals surface area contributed by atoms with Gasteiger partial charge in [0.15, 0.2) is 0 Å². The van der Waals surface area contributed by atoms with Crippen LogP contribution in [0, 0.1) is 11.3 Å². The zero-order valence-electron chi connectivity index (χ0n) is 11.4. The van der Waals surface area contributed by atoms with Gasteiger partial charge >= 0.3 is 6.18 Å². The highest BCUT2D eigenvalue weighted by molar-refractivity contribution is 5.01. The Balaban J connectivity index is 2.86. The Morgan fingerprint density at radius 3 is 2.28 bits per heavy atom. The van der Waals surface area contributed by atoms with Gasteiger partial charge in [-0.1, -0.05) is 33.6 Å². The van der Waals surface area contributed by atoms with Gasteiger partial charge in [-0.25, -0.2) is 0 Å². The second-order valence-electron chi connectivity index (χ2n) is 6.45. The van der Waals surface area contributed by atoms with Gasteiger partial charge < -0.3 is 10.4 Å². The summed E-state index contributed by atoms with van der Waals surface area (Å²) in [6.45, 7) is 4.83. The maximum absolute atomic E-state index is 12.4. The minimum Gasteiger partial charge on any atom is -0.394 e. The molecule has 0 radical (unpaired) electrons. The summed E-state index contributed by atoms with van der Waals surface area (Å²) in [4.78, 5) is 0. The molecule has 2 unspecified atom stereocenters. The molecule has 0 aromatic rings. The molecule has 0 heterocycles. The summed E-state index contributed by atoms with van der Waals surface area (Å²) in [5, 5.41) is 12.2. The van der Waals surface area contributed by atoms with Gasteiger partial charge in [-0.3, -0.25) is 0 Å². The van der Waals surface area contributed by atoms with Crippen LogP contribution in [0.4, 0.5) is 13.2 Å². The van der Waals surface area contributed by atoms with Crippen molar-refractivity contribution in [1.82, 2.24) is 5.32 Å². The number of rotatable bonds is 3. The SMILES string of the molecule is CC(C)(C)C1CCCCC1(CO)NCC(F)(F)F. The predicted octanol–water partition coefficient (Wildman–Crippen LogP) is 3.11. The molecule has 1 aliphatic carbocycles. The van der Waals surface area contributed by atoms with E-state index >= 15 is 0 Å². The van der Waals surface area contributed by atoms with Crippen LogP contribution in [0.5, 0.6) is 0 Å². The quantitative estimate of drug-likeness (QED) is 0.823. The molecule has 18 heavy (non-hydrogen) atoms. The van der Waals surface area contributed by atoms with Crippen molar-refractivity contribution in [2.45, 2.75) is 58.2 Å². The molecule has 5 heteroatoms. The molecule has 2 nitrogen and oxygen atoms in total. The van der Waals surface area contributed by atoms with Crippen LogP contribution in [-0.2, 0) is 0 Å². The Hall–Kier alpha value is -0.290. The van der Waals surface area contributed by atoms with E-state index in [9.17, 15) is 18.3 Å². The summed E-state index contributed by atoms with van der Waals surface area (Å²) < 4.78 is 37.2. The fourth-order valence-electron chi connectivity index (χ4n) is 3.23. The standard InChI is InChI=1S/C13H24F3NO/c1-11(2,3)10-6-4-5-7-12(10,9-18)17-8-13(14,15)16/h10,17-18H,4-9H2,1-3H3. The van der Waals surface area contributed by atoms with E-state index in [2.05, 4.69) is 5.32 Å². The molecule has 0 aromatic heterocycles. The Morgan fingerprint density at radius 1 is 1.22 bits per heavy atom. The first kappa shape index (κ1) is 15.8. The van der Waals surface area contributed by atoms with Crippen molar-refractivity contribution >= 4 is 0 Å². The van der Waals surface area contributed by atoms with Gasteiger partial charge in [0.1, 0.15) is 0 Å². The predicted molar refractivity (Wildman–Crippen MR) is 65.3 cm³/mol. The van der Waals surface area contributed by atoms with Crippen molar-refractivity contribution in [2.24, 2.45) is 11.3 Å². The minimum absolute atomic E-state index is 0.0612. The molecular weight excluding hydrogens is 243 g/mol. The molecule has 1 fully saturated rings. The third kappa shape index (κ3) is 3.85. The average molecular weight is 267 g/mol. The normalized spacial score (nSPS) is 30.5. The number of halogens is 3. The highest BCUT2D eigenvalue weighted by Gasteiger charge is 2.47. The molecule has 1 saturated carbocycles. The second-order valence-corrected chi connectivity index (χ2v) is 6.45. The fourth-order valence-corrected chi connectivity index (χ4v) is 3.23. The van der Waals surface area contributed by atoms with Gasteiger partial charge in [-0.05, 0) is 24.2 Å². The van der Waals surface area contributed by atoms with Gasteiger partial charge in [0, 0.05) is 5.54 Å². The minimum atomic E-state index is -4.23. The number of nitrogens with one attached hydrogen (secondary N) is 1. The Kier molecular flexibility index (Phi) is 4.70. The number of aliphatic hydroxyl groups is 1. The van der Waals surface area contributed by atoms with E-state index < -0.39 is 18.3 Å². The Morgan fingerprint density at radius 2 is 1.83 bits per heavy atom. The largest absolute Gasteiger partial charge is 0.401 e. The lowest BCUT2D eigenvalue weighted by Crippen LogP contribution is -2.60. The molecule has 108 valence electrons. The van der Waals surface area contributed by atoms with E-state index in [-0.39, 0.29) is 17.9 Å². The summed E-state index contributed by atoms with van der Waals surface area (Å²) >= 11 is 0. The van der Waals surface area contributed by atoms with E-state index in [1.807, 2.05) is 20.8 Å². The topological polar surface area (TPSA) is 32.3 Å². The second kappa shape index (κ2) is 5.37. The van der Waals surface area contributed by atoms with Gasteiger partial charge in [-0.2, -0.15) is 13.2 Å². The zero-order chi connectivity index (χ0) is 14.0. The van der Waals surface area contributed by atoms with Crippen LogP contribution >= 0.6 is 0 Å². The average Bonchev–Trinajstić information content (AvgIpc) is 2.24. The molecule has 2 atom stereocenters. The van der Waals surface area contributed by atoms with Gasteiger partial charge in [0.05, 0.1) is 13.2 Å². The van der Waals surface area contributed by atoms with Crippen LogP contribution in [0.15, 0.2) is 0 Å². The molecule has 1 rings (SSSR count). The Labute approximate surface area is 107 Å². The van der Waals surface area contributed by atoms with Crippen LogP contribution < -0.4 is 5.32 Å². The highest BCUT2D eigenvalue weighted by atomic mass is 19.4. The maximum Gasteiger partial charge on any atom is 0.401 e. The monoisotopic (exact) mass is 267 g/mol. The first-order chi connectivity index (χ1) is 8.11. The van der Waals surface area contributed by atoms with Crippen molar-refractivity contribution in [2.75, 3.05) is 13.2 Å². The number of aliphatic hydroxyl groups excluding tert-OH is 1. The van der Waals surface area contributed by atoms with E-state index in [1.165, 1.54) is 0 Å². The molecule has 0 saturated heterocycles. The summed E-state index contributed by atoms with van der Waals surface area (Å²) in [7, 11) is 0. The van der Waals surface area contributed by atoms with E-state index in [4.69, 9.17) is 0 Å². The van der Waals surface area contributed by atoms with E-state index in [0.29, 0.717) is 6.42 Å². The number of alkyl halides is 3. The highest BCUT2D eigenvalue weighted by Crippen LogP contribution is 2.44. The van der Waals surface area contributed by atoms with Crippen LogP contribution in [0.1, 0.15) is 46.5 Å². The number of hydrogen-bond donors (Lipinski definition) is 2. The summed E-state index contributed by atoms with van der Waals surface area (Å²) in [6.07, 6.45) is -0.853. The first-order valence-electron chi connectivity index (χ1n) is 6.53. The van der Waals surface area contributed by atoms with E-state index in [0.717, 1.165) is 19.3 Å². The Bertz CT molecular complexity index is 272. The fraction of sp³-hybridized carbons (Fsp3) is 1.00. The van der Waals surface area contributed by atoms with Crippen molar-refractivity contribution in [3.8, 4) is 0 Å². The molecule has 0 aromatic carbocycles. The molecule has 0 bridgehead atoms. The third-order valence-corrected chi connectivity index (χ3v) is 4.00. The lowest BCUT2D eigenvalue weighted by Gasteiger charge is -2.50. The molecule has 2 N–H and O–H groups in total. The molecular formula is C13H24F3NO. The maximum atomic E-state index is 12.4. The zero-order valence-corrected chi connectivity index (χ0v) is 11.4. The summed E-state index contributed by atoms with van der Waals surface area (Å²) in [5.41, 5.74) is -0.895. The van der Waals surface area contributed by atoms with E-state index in [1.54, 1.807) is 0 Å².